The van der Waals surface area contributed by atoms with Gasteiger partial charge in [-0.1, -0.05) is 6.07 Å². The average Bonchev–Trinajstić information content (AvgIpc) is 3.41. The molecule has 0 bridgehead atoms. The molecule has 3 N–H and O–H groups in total. The first-order chi connectivity index (χ1) is 16.5. The van der Waals surface area contributed by atoms with Crippen molar-refractivity contribution in [1.82, 2.24) is 26.0 Å². The molecule has 184 valence electrons. The number of nitrogens with one attached hydrogen (secondary N) is 3. The highest BCUT2D eigenvalue weighted by Gasteiger charge is 2.40. The van der Waals surface area contributed by atoms with E-state index in [1.54, 1.807) is 21.9 Å². The monoisotopic (exact) mass is 473 g/mol. The molecule has 4 fully saturated rings. The first-order valence-electron chi connectivity index (χ1n) is 12.3. The highest BCUT2D eigenvalue weighted by Crippen LogP contribution is 2.25. The first-order valence-corrected chi connectivity index (χ1v) is 12.3. The topological polar surface area (TPSA) is 103 Å². The predicted octanol–water partition coefficient (Wildman–Crippen LogP) is 0.203. The quantitative estimate of drug-likeness (QED) is 0.578. The lowest BCUT2D eigenvalue weighted by Gasteiger charge is -2.41. The van der Waals surface area contributed by atoms with Crippen LogP contribution in [0, 0.1) is 11.7 Å². The van der Waals surface area contributed by atoms with Gasteiger partial charge in [0.25, 0.3) is 11.8 Å². The lowest BCUT2D eigenvalue weighted by Crippen LogP contribution is -2.67. The summed E-state index contributed by atoms with van der Waals surface area (Å²) in [6, 6.07) is 4.61. The molecule has 5 rings (SSSR count). The van der Waals surface area contributed by atoms with E-state index in [0.29, 0.717) is 39.2 Å². The molecule has 1 aromatic rings. The first kappa shape index (κ1) is 23.2. The summed E-state index contributed by atoms with van der Waals surface area (Å²) in [5, 5.41) is 3.44. The van der Waals surface area contributed by atoms with E-state index >= 15 is 0 Å². The number of benzene rings is 1. The second kappa shape index (κ2) is 9.97. The van der Waals surface area contributed by atoms with E-state index in [1.807, 2.05) is 0 Å². The predicted molar refractivity (Wildman–Crippen MR) is 121 cm³/mol. The van der Waals surface area contributed by atoms with Crippen molar-refractivity contribution in [2.45, 2.75) is 50.3 Å². The van der Waals surface area contributed by atoms with Crippen molar-refractivity contribution >= 4 is 17.7 Å². The summed E-state index contributed by atoms with van der Waals surface area (Å²) in [6.45, 7) is 3.06. The van der Waals surface area contributed by atoms with Crippen LogP contribution in [0.3, 0.4) is 0 Å². The van der Waals surface area contributed by atoms with Gasteiger partial charge in [-0.15, -0.1) is 0 Å². The molecule has 0 radical (unpaired) electrons. The summed E-state index contributed by atoms with van der Waals surface area (Å²) in [6.07, 6.45) is 3.63. The van der Waals surface area contributed by atoms with Crippen molar-refractivity contribution in [2.75, 3.05) is 39.3 Å². The Bertz CT molecular complexity index is 945. The number of rotatable bonds is 4. The van der Waals surface area contributed by atoms with Crippen molar-refractivity contribution in [3.8, 4) is 0 Å². The van der Waals surface area contributed by atoms with E-state index in [0.717, 1.165) is 37.8 Å². The van der Waals surface area contributed by atoms with Crippen LogP contribution in [-0.2, 0) is 20.7 Å². The minimum atomic E-state index is -0.551. The molecule has 10 heteroatoms. The zero-order valence-corrected chi connectivity index (χ0v) is 19.2. The second-order valence-corrected chi connectivity index (χ2v) is 9.61. The zero-order chi connectivity index (χ0) is 23.7. The largest absolute Gasteiger partial charge is 0.368 e. The molecule has 4 heterocycles. The number of nitrogens with zero attached hydrogens (tertiary/aromatic N) is 2. The average molecular weight is 474 g/mol. The molecular weight excluding hydrogens is 441 g/mol. The summed E-state index contributed by atoms with van der Waals surface area (Å²) >= 11 is 0. The maximum absolute atomic E-state index is 14.7. The summed E-state index contributed by atoms with van der Waals surface area (Å²) in [7, 11) is 0. The van der Waals surface area contributed by atoms with Crippen molar-refractivity contribution in [2.24, 2.45) is 5.92 Å². The lowest BCUT2D eigenvalue weighted by atomic mass is 9.82. The van der Waals surface area contributed by atoms with Gasteiger partial charge in [0.1, 0.15) is 11.9 Å². The fourth-order valence-corrected chi connectivity index (χ4v) is 5.55. The fraction of sp³-hybridized carbons (Fsp3) is 0.625. The van der Waals surface area contributed by atoms with Gasteiger partial charge in [0, 0.05) is 44.9 Å². The number of piperazine rings is 1. The Morgan fingerprint density at radius 1 is 1.09 bits per heavy atom. The maximum atomic E-state index is 14.7. The van der Waals surface area contributed by atoms with Crippen molar-refractivity contribution < 1.29 is 23.5 Å². The third kappa shape index (κ3) is 4.67. The molecule has 1 aromatic carbocycles. The van der Waals surface area contributed by atoms with Gasteiger partial charge in [-0.05, 0) is 56.3 Å². The highest BCUT2D eigenvalue weighted by molar-refractivity contribution is 5.95. The molecule has 4 saturated heterocycles. The zero-order valence-electron chi connectivity index (χ0n) is 19.2. The van der Waals surface area contributed by atoms with Gasteiger partial charge in [-0.3, -0.25) is 19.8 Å². The van der Waals surface area contributed by atoms with Crippen molar-refractivity contribution in [3.63, 3.8) is 0 Å². The van der Waals surface area contributed by atoms with E-state index < -0.39 is 5.82 Å². The van der Waals surface area contributed by atoms with Gasteiger partial charge < -0.3 is 19.9 Å². The van der Waals surface area contributed by atoms with Gasteiger partial charge in [0.05, 0.1) is 11.5 Å². The van der Waals surface area contributed by atoms with E-state index in [2.05, 4.69) is 16.2 Å². The minimum Gasteiger partial charge on any atom is -0.368 e. The van der Waals surface area contributed by atoms with Gasteiger partial charge >= 0.3 is 0 Å². The molecule has 9 nitrogen and oxygen atoms in total. The molecule has 4 unspecified atom stereocenters. The molecule has 4 aliphatic rings. The summed E-state index contributed by atoms with van der Waals surface area (Å²) in [5.74, 6) is -1.01. The number of amides is 3. The number of fused-ring (bicyclic) bond motifs is 1. The van der Waals surface area contributed by atoms with E-state index in [-0.39, 0.29) is 47.4 Å². The lowest BCUT2D eigenvalue weighted by molar-refractivity contribution is -0.142. The van der Waals surface area contributed by atoms with E-state index in [4.69, 9.17) is 4.74 Å². The number of piperidine rings is 1. The normalized spacial score (nSPS) is 29.5. The molecule has 3 amide bonds. The van der Waals surface area contributed by atoms with Crippen molar-refractivity contribution in [1.29, 1.82) is 0 Å². The molecule has 0 saturated carbocycles. The van der Waals surface area contributed by atoms with Crippen LogP contribution < -0.4 is 16.2 Å². The van der Waals surface area contributed by atoms with E-state index in [1.165, 1.54) is 6.07 Å². The molecule has 34 heavy (non-hydrogen) atoms. The third-order valence-electron chi connectivity index (χ3n) is 7.46. The summed E-state index contributed by atoms with van der Waals surface area (Å²) in [4.78, 5) is 41.2. The molecule has 4 atom stereocenters. The molecule has 0 spiro atoms. The Balaban J connectivity index is 1.23. The Hall–Kier alpha value is -2.56. The minimum absolute atomic E-state index is 0.000501. The molecule has 0 aliphatic carbocycles. The van der Waals surface area contributed by atoms with Crippen LogP contribution in [0.4, 0.5) is 4.39 Å². The standard InChI is InChI=1S/C24H32FN5O4/c25-18-6-5-15(14-19-21-16(3-1-7-26-21)22(31)28-27-19)13-17(18)23(32)29-8-10-30(11-9-29)24(33)20-4-2-12-34-20/h5-6,13,16,19-21,26-27H,1-4,7-12,14H2,(H,28,31). The molecule has 4 aliphatic heterocycles. The van der Waals surface area contributed by atoms with Gasteiger partial charge in [0.2, 0.25) is 5.91 Å². The Labute approximate surface area is 198 Å². The number of hydrazine groups is 1. The number of carbonyl (C=O) groups is 3. The summed E-state index contributed by atoms with van der Waals surface area (Å²) < 4.78 is 20.2. The Morgan fingerprint density at radius 3 is 2.65 bits per heavy atom. The maximum Gasteiger partial charge on any atom is 0.256 e. The van der Waals surface area contributed by atoms with Crippen LogP contribution in [0.2, 0.25) is 0 Å². The molecule has 0 aromatic heterocycles. The van der Waals surface area contributed by atoms with Gasteiger partial charge in [-0.25, -0.2) is 9.82 Å². The number of carbonyl (C=O) groups excluding carboxylic acids is 3. The van der Waals surface area contributed by atoms with Crippen LogP contribution in [0.1, 0.15) is 41.6 Å². The number of hydrogen-bond acceptors (Lipinski definition) is 6. The van der Waals surface area contributed by atoms with Crippen LogP contribution in [0.25, 0.3) is 0 Å². The van der Waals surface area contributed by atoms with Gasteiger partial charge in [0.15, 0.2) is 0 Å². The van der Waals surface area contributed by atoms with Gasteiger partial charge in [-0.2, -0.15) is 0 Å². The number of ether oxygens (including phenoxy) is 1. The highest BCUT2D eigenvalue weighted by atomic mass is 19.1. The molecular formula is C24H32FN5O4. The van der Waals surface area contributed by atoms with Crippen molar-refractivity contribution in [3.05, 3.63) is 35.1 Å². The second-order valence-electron chi connectivity index (χ2n) is 9.61. The third-order valence-corrected chi connectivity index (χ3v) is 7.46. The van der Waals surface area contributed by atoms with E-state index in [9.17, 15) is 18.8 Å². The Morgan fingerprint density at radius 2 is 1.88 bits per heavy atom. The number of halogens is 1. The van der Waals surface area contributed by atoms with Crippen LogP contribution in [0.15, 0.2) is 18.2 Å². The fourth-order valence-electron chi connectivity index (χ4n) is 5.55. The van der Waals surface area contributed by atoms with Crippen LogP contribution >= 0.6 is 0 Å². The van der Waals surface area contributed by atoms with Crippen LogP contribution in [-0.4, -0.2) is 85.0 Å². The van der Waals surface area contributed by atoms with Crippen LogP contribution in [0.5, 0.6) is 0 Å². The Kier molecular flexibility index (Phi) is 6.80. The number of hydrogen-bond donors (Lipinski definition) is 3. The SMILES string of the molecule is O=C1NNC(Cc2ccc(F)c(C(=O)N3CCN(C(=O)C4CCCO4)CC3)c2)C2NCCCC12. The summed E-state index contributed by atoms with van der Waals surface area (Å²) in [5.41, 5.74) is 6.73. The smallest absolute Gasteiger partial charge is 0.256 e.